The number of aliphatic hydroxyl groups excluding tert-OH is 2. The quantitative estimate of drug-likeness (QED) is 0.0852. The number of benzene rings is 5. The van der Waals surface area contributed by atoms with Gasteiger partial charge in [-0.3, -0.25) is 4.79 Å². The van der Waals surface area contributed by atoms with Gasteiger partial charge < -0.3 is 52.8 Å². The van der Waals surface area contributed by atoms with Crippen LogP contribution in [0.1, 0.15) is 34.7 Å². The summed E-state index contributed by atoms with van der Waals surface area (Å²) in [5, 5.41) is 22.4. The molecule has 5 aromatic rings. The summed E-state index contributed by atoms with van der Waals surface area (Å²) in [7, 11) is 0. The van der Waals surface area contributed by atoms with Crippen molar-refractivity contribution in [3.63, 3.8) is 0 Å². The van der Waals surface area contributed by atoms with Gasteiger partial charge in [-0.2, -0.15) is 0 Å². The topological polar surface area (TPSA) is 141 Å². The molecule has 2 fully saturated rings. The largest absolute Gasteiger partial charge is 0.454 e. The smallest absolute Gasteiger partial charge is 0.303 e. The molecule has 61 heavy (non-hydrogen) atoms. The molecule has 12 heteroatoms. The second-order valence-electron chi connectivity index (χ2n) is 15.0. The van der Waals surface area contributed by atoms with Gasteiger partial charge in [0.15, 0.2) is 18.7 Å². The van der Waals surface area contributed by atoms with Crippen molar-refractivity contribution in [1.82, 2.24) is 0 Å². The van der Waals surface area contributed by atoms with Crippen LogP contribution in [-0.2, 0) is 80.5 Å². The predicted molar refractivity (Wildman–Crippen MR) is 223 cm³/mol. The Morgan fingerprint density at radius 2 is 0.803 bits per heavy atom. The summed E-state index contributed by atoms with van der Waals surface area (Å²) in [6.07, 6.45) is -10.2. The summed E-state index contributed by atoms with van der Waals surface area (Å²) in [5.41, 5.74) is 4.51. The zero-order valence-electron chi connectivity index (χ0n) is 34.1. The van der Waals surface area contributed by atoms with Crippen molar-refractivity contribution in [3.8, 4) is 0 Å². The Kier molecular flexibility index (Phi) is 16.6. The molecule has 2 saturated heterocycles. The molecule has 2 aliphatic rings. The normalized spacial score (nSPS) is 26.4. The summed E-state index contributed by atoms with van der Waals surface area (Å²) in [6, 6.07) is 48.2. The molecule has 0 saturated carbocycles. The van der Waals surface area contributed by atoms with E-state index in [0.29, 0.717) is 0 Å². The van der Waals surface area contributed by atoms with Gasteiger partial charge in [-0.05, 0) is 27.8 Å². The molecule has 2 N–H and O–H groups in total. The lowest BCUT2D eigenvalue weighted by Gasteiger charge is -2.47. The number of hydrogen-bond acceptors (Lipinski definition) is 12. The van der Waals surface area contributed by atoms with Crippen molar-refractivity contribution in [3.05, 3.63) is 179 Å². The molecule has 2 heterocycles. The Morgan fingerprint density at radius 3 is 1.18 bits per heavy atom. The molecule has 12 nitrogen and oxygen atoms in total. The highest BCUT2D eigenvalue weighted by Crippen LogP contribution is 2.34. The minimum absolute atomic E-state index is 0.150. The molecule has 0 aromatic heterocycles. The van der Waals surface area contributed by atoms with Gasteiger partial charge in [-0.15, -0.1) is 0 Å². The molecule has 2 aliphatic heterocycles. The third-order valence-corrected chi connectivity index (χ3v) is 10.5. The summed E-state index contributed by atoms with van der Waals surface area (Å²) >= 11 is 0. The highest BCUT2D eigenvalue weighted by molar-refractivity contribution is 5.66. The van der Waals surface area contributed by atoms with Crippen LogP contribution in [0.15, 0.2) is 152 Å². The second kappa shape index (κ2) is 22.9. The van der Waals surface area contributed by atoms with Crippen LogP contribution in [0.25, 0.3) is 0 Å². The Bertz CT molecular complexity index is 1990. The Labute approximate surface area is 356 Å². The SMILES string of the molecule is CC(=O)O[C@@H]1[C@@H](OC[C@H]2O[C@@H](O)[C@H](OCc3ccccc3)[C@@H](OCc3ccccc3)[C@@H]2OCc2ccccc2)O[C@H](CO)[C@@H](OCc2ccccc2)[C@@H]1OCc1ccccc1. The van der Waals surface area contributed by atoms with Crippen LogP contribution in [0, 0.1) is 0 Å². The first-order valence-corrected chi connectivity index (χ1v) is 20.6. The van der Waals surface area contributed by atoms with Crippen LogP contribution in [-0.4, -0.2) is 90.8 Å². The monoisotopic (exact) mass is 834 g/mol. The van der Waals surface area contributed by atoms with Crippen molar-refractivity contribution >= 4 is 5.97 Å². The van der Waals surface area contributed by atoms with Gasteiger partial charge >= 0.3 is 5.97 Å². The van der Waals surface area contributed by atoms with E-state index in [1.165, 1.54) is 6.92 Å². The zero-order chi connectivity index (χ0) is 42.2. The molecule has 0 unspecified atom stereocenters. The van der Waals surface area contributed by atoms with Crippen molar-refractivity contribution in [2.45, 2.75) is 101 Å². The van der Waals surface area contributed by atoms with E-state index in [4.69, 9.17) is 42.6 Å². The van der Waals surface area contributed by atoms with Crippen LogP contribution in [0.5, 0.6) is 0 Å². The van der Waals surface area contributed by atoms with Crippen molar-refractivity contribution < 1.29 is 57.6 Å². The molecule has 0 radical (unpaired) electrons. The number of hydrogen-bond donors (Lipinski definition) is 2. The van der Waals surface area contributed by atoms with E-state index in [1.54, 1.807) is 0 Å². The average molecular weight is 835 g/mol. The Hall–Kier alpha value is -4.83. The van der Waals surface area contributed by atoms with Crippen molar-refractivity contribution in [2.24, 2.45) is 0 Å². The van der Waals surface area contributed by atoms with Crippen LogP contribution in [0.4, 0.5) is 0 Å². The molecule has 7 rings (SSSR count). The highest BCUT2D eigenvalue weighted by Gasteiger charge is 2.52. The molecule has 0 amide bonds. The fourth-order valence-corrected chi connectivity index (χ4v) is 7.49. The third kappa shape index (κ3) is 12.6. The number of ether oxygens (including phenoxy) is 9. The van der Waals surface area contributed by atoms with E-state index >= 15 is 0 Å². The van der Waals surface area contributed by atoms with Crippen LogP contribution in [0.2, 0.25) is 0 Å². The van der Waals surface area contributed by atoms with E-state index < -0.39 is 74.0 Å². The first-order valence-electron chi connectivity index (χ1n) is 20.6. The lowest BCUT2D eigenvalue weighted by molar-refractivity contribution is -0.344. The van der Waals surface area contributed by atoms with Gasteiger partial charge in [0.1, 0.15) is 42.7 Å². The Morgan fingerprint density at radius 1 is 0.459 bits per heavy atom. The van der Waals surface area contributed by atoms with Gasteiger partial charge in [-0.1, -0.05) is 152 Å². The van der Waals surface area contributed by atoms with Gasteiger partial charge in [0.25, 0.3) is 0 Å². The summed E-state index contributed by atoms with van der Waals surface area (Å²) in [5.74, 6) is -0.596. The molecule has 0 spiro atoms. The fraction of sp³-hybridized carbons (Fsp3) is 0.367. The van der Waals surface area contributed by atoms with E-state index in [-0.39, 0.29) is 39.6 Å². The number of esters is 1. The van der Waals surface area contributed by atoms with Gasteiger partial charge in [0.05, 0.1) is 46.2 Å². The van der Waals surface area contributed by atoms with Crippen LogP contribution in [0.3, 0.4) is 0 Å². The van der Waals surface area contributed by atoms with Crippen LogP contribution < -0.4 is 0 Å². The highest BCUT2D eigenvalue weighted by atomic mass is 16.7. The summed E-state index contributed by atoms with van der Waals surface area (Å²) in [6.45, 7) is 1.54. The molecule has 5 aromatic carbocycles. The van der Waals surface area contributed by atoms with E-state index in [9.17, 15) is 15.0 Å². The standard InChI is InChI=1S/C49H54O12/c1-34(51)59-47-45(56-31-38-23-13-5-14-24-38)42(53-28-35-17-7-2-8-18-35)40(27-50)61-49(47)58-33-41-43(54-29-36-19-9-3-10-20-36)44(55-30-37-21-11-4-12-22-37)46(48(52)60-41)57-32-39-25-15-6-16-26-39/h2-26,40-50,52H,27-33H2,1H3/t40-,41-,42-,43-,44+,45+,46-,47+,48-,49+/m1/s1. The van der Waals surface area contributed by atoms with E-state index in [1.807, 2.05) is 152 Å². The van der Waals surface area contributed by atoms with Gasteiger partial charge in [0, 0.05) is 6.92 Å². The maximum absolute atomic E-state index is 12.8. The predicted octanol–water partition coefficient (Wildman–Crippen LogP) is 6.30. The van der Waals surface area contributed by atoms with E-state index in [2.05, 4.69) is 0 Å². The maximum Gasteiger partial charge on any atom is 0.303 e. The number of carbonyl (C=O) groups is 1. The molecule has 0 aliphatic carbocycles. The molecular formula is C49H54O12. The number of aliphatic hydroxyl groups is 2. The lowest BCUT2D eigenvalue weighted by atomic mass is 9.97. The number of rotatable bonds is 20. The summed E-state index contributed by atoms with van der Waals surface area (Å²) < 4.78 is 57.7. The van der Waals surface area contributed by atoms with Crippen LogP contribution >= 0.6 is 0 Å². The first-order chi connectivity index (χ1) is 29.9. The van der Waals surface area contributed by atoms with Gasteiger partial charge in [-0.25, -0.2) is 0 Å². The molecular weight excluding hydrogens is 781 g/mol. The molecule has 10 atom stereocenters. The van der Waals surface area contributed by atoms with Crippen molar-refractivity contribution in [2.75, 3.05) is 13.2 Å². The minimum atomic E-state index is -1.45. The lowest BCUT2D eigenvalue weighted by Crippen LogP contribution is -2.64. The Balaban J connectivity index is 1.16. The average Bonchev–Trinajstić information content (AvgIpc) is 3.30. The summed E-state index contributed by atoms with van der Waals surface area (Å²) in [4.78, 5) is 12.8. The fourth-order valence-electron chi connectivity index (χ4n) is 7.49. The van der Waals surface area contributed by atoms with E-state index in [0.717, 1.165) is 27.8 Å². The van der Waals surface area contributed by atoms with Gasteiger partial charge in [0.2, 0.25) is 0 Å². The number of carbonyl (C=O) groups excluding carboxylic acids is 1. The second-order valence-corrected chi connectivity index (χ2v) is 15.0. The van der Waals surface area contributed by atoms with Crippen molar-refractivity contribution in [1.29, 1.82) is 0 Å². The molecule has 0 bridgehead atoms. The molecule has 322 valence electrons. The minimum Gasteiger partial charge on any atom is -0.454 e. The first kappa shape index (κ1) is 44.2. The zero-order valence-corrected chi connectivity index (χ0v) is 34.1. The third-order valence-electron chi connectivity index (χ3n) is 10.5. The maximum atomic E-state index is 12.8.